The first-order valence-electron chi connectivity index (χ1n) is 26.8. The van der Waals surface area contributed by atoms with Gasteiger partial charge < -0.3 is 4.40 Å². The van der Waals surface area contributed by atoms with E-state index in [4.69, 9.17) is 0 Å². The van der Waals surface area contributed by atoms with E-state index >= 15 is 9.59 Å². The van der Waals surface area contributed by atoms with Crippen molar-refractivity contribution in [3.63, 3.8) is 0 Å². The minimum atomic E-state index is -0.482. The van der Waals surface area contributed by atoms with Gasteiger partial charge in [-0.1, -0.05) is 182 Å². The van der Waals surface area contributed by atoms with Crippen LogP contribution in [0.4, 0.5) is 0 Å². The van der Waals surface area contributed by atoms with Crippen molar-refractivity contribution in [1.29, 1.82) is 0 Å². The average Bonchev–Trinajstić information content (AvgIpc) is 4.24. The molecule has 350 valence electrons. The van der Waals surface area contributed by atoms with E-state index in [0.717, 1.165) is 93.7 Å². The fourth-order valence-electron chi connectivity index (χ4n) is 16.4. The smallest absolute Gasteiger partial charge is 0.175 e. The Labute approximate surface area is 437 Å². The number of rotatable bonds is 1. The Hall–Kier alpha value is -9.44. The minimum Gasteiger partial charge on any atom is -0.308 e. The van der Waals surface area contributed by atoms with E-state index in [1.54, 1.807) is 0 Å². The largest absolute Gasteiger partial charge is 0.308 e. The highest BCUT2D eigenvalue weighted by atomic mass is 16.1. The summed E-state index contributed by atoms with van der Waals surface area (Å²) in [4.78, 5) is 31.1. The van der Waals surface area contributed by atoms with Gasteiger partial charge in [0.25, 0.3) is 0 Å². The Morgan fingerprint density at radius 3 is 1.04 bits per heavy atom. The summed E-state index contributed by atoms with van der Waals surface area (Å²) in [5.41, 5.74) is 28.2. The van der Waals surface area contributed by atoms with Crippen LogP contribution in [0.15, 0.2) is 224 Å². The van der Waals surface area contributed by atoms with Crippen molar-refractivity contribution in [3.8, 4) is 33.4 Å². The molecule has 0 unspecified atom stereocenters. The van der Waals surface area contributed by atoms with Crippen LogP contribution in [-0.2, 0) is 5.41 Å². The van der Waals surface area contributed by atoms with Gasteiger partial charge in [-0.15, -0.1) is 0 Å². The van der Waals surface area contributed by atoms with Crippen LogP contribution < -0.4 is 0 Å². The van der Waals surface area contributed by atoms with Crippen molar-refractivity contribution >= 4 is 49.7 Å². The third kappa shape index (κ3) is 4.51. The summed E-state index contributed by atoms with van der Waals surface area (Å²) in [6, 6.07) is 82.7. The molecule has 76 heavy (non-hydrogen) atoms. The molecule has 2 aromatic heterocycles. The van der Waals surface area contributed by atoms with Gasteiger partial charge in [-0.25, -0.2) is 0 Å². The quantitative estimate of drug-likeness (QED) is 0.164. The molecule has 0 saturated heterocycles. The third-order valence-corrected chi connectivity index (χ3v) is 19.2. The van der Waals surface area contributed by atoms with Gasteiger partial charge in [0.05, 0.1) is 33.8 Å². The van der Waals surface area contributed by atoms with Crippen molar-refractivity contribution in [2.45, 2.75) is 29.1 Å². The van der Waals surface area contributed by atoms with Crippen LogP contribution >= 0.6 is 0 Å². The van der Waals surface area contributed by atoms with Crippen LogP contribution in [0, 0.1) is 0 Å². The summed E-state index contributed by atoms with van der Waals surface area (Å²) >= 11 is 0. The Kier molecular flexibility index (Phi) is 7.18. The second-order valence-electron chi connectivity index (χ2n) is 22.3. The molecule has 8 aliphatic carbocycles. The van der Waals surface area contributed by atoms with Crippen LogP contribution in [0.1, 0.15) is 122 Å². The van der Waals surface area contributed by atoms with E-state index in [0.29, 0.717) is 0 Å². The highest BCUT2D eigenvalue weighted by Crippen LogP contribution is 2.64. The van der Waals surface area contributed by atoms with Crippen LogP contribution in [-0.4, -0.2) is 16.0 Å². The fourth-order valence-corrected chi connectivity index (χ4v) is 16.4. The van der Waals surface area contributed by atoms with E-state index in [2.05, 4.69) is 229 Å². The van der Waals surface area contributed by atoms with Crippen LogP contribution in [0.5, 0.6) is 0 Å². The second kappa shape index (κ2) is 13.6. The zero-order chi connectivity index (χ0) is 49.4. The number of ketones is 2. The molecule has 0 radical (unpaired) electrons. The lowest BCUT2D eigenvalue weighted by atomic mass is 9.70. The van der Waals surface area contributed by atoms with Crippen molar-refractivity contribution in [2.24, 2.45) is 0 Å². The van der Waals surface area contributed by atoms with Crippen molar-refractivity contribution in [3.05, 3.63) is 313 Å². The molecule has 21 rings (SSSR count). The van der Waals surface area contributed by atoms with E-state index in [1.807, 2.05) is 0 Å². The number of aromatic nitrogens is 1. The molecule has 0 saturated carbocycles. The van der Waals surface area contributed by atoms with Gasteiger partial charge in [0, 0.05) is 44.5 Å². The maximum Gasteiger partial charge on any atom is 0.175 e. The number of nitrogens with zero attached hydrogens (tertiary/aromatic N) is 1. The van der Waals surface area contributed by atoms with Crippen molar-refractivity contribution in [1.82, 2.24) is 4.40 Å². The number of fused-ring (bicyclic) bond motifs is 16. The number of hydrogen-bond acceptors (Lipinski definition) is 2. The summed E-state index contributed by atoms with van der Waals surface area (Å²) in [6.07, 6.45) is 0. The lowest BCUT2D eigenvalue weighted by Crippen LogP contribution is -2.25. The fraction of sp³-hybridized carbons (Fsp3) is 0.0685. The predicted octanol–water partition coefficient (Wildman–Crippen LogP) is 16.5. The number of hydrogen-bond donors (Lipinski definition) is 0. The first-order chi connectivity index (χ1) is 37.6. The molecule has 11 aromatic carbocycles. The molecule has 0 atom stereocenters. The summed E-state index contributed by atoms with van der Waals surface area (Å²) in [5, 5.41) is 4.51. The van der Waals surface area contributed by atoms with Gasteiger partial charge in [0.2, 0.25) is 0 Å². The SMILES string of the molecule is O=C1c2cc3c(cc2C2c4ccccc4C1c1ccccc12)c1cc(-c2ccc4c(c2)C2(c5ccccc5-c5ccccc52)c2ccccc2-4)cc2c4cc5c(cc4n3c12)C(=O)C1c2ccccc2C5c2ccccc21. The van der Waals surface area contributed by atoms with Crippen LogP contribution in [0.25, 0.3) is 71.5 Å². The highest BCUT2D eigenvalue weighted by Gasteiger charge is 2.52. The number of carbonyl (C=O) groups is 2. The molecule has 0 amide bonds. The molecule has 0 N–H and O–H groups in total. The van der Waals surface area contributed by atoms with Gasteiger partial charge in [0.15, 0.2) is 11.6 Å². The van der Waals surface area contributed by atoms with Crippen LogP contribution in [0.2, 0.25) is 0 Å². The summed E-state index contributed by atoms with van der Waals surface area (Å²) < 4.78 is 2.40. The normalized spacial score (nSPS) is 18.9. The predicted molar refractivity (Wildman–Crippen MR) is 303 cm³/mol. The average molecular weight is 964 g/mol. The molecule has 13 aromatic rings. The zero-order valence-electron chi connectivity index (χ0n) is 40.9. The van der Waals surface area contributed by atoms with Gasteiger partial charge in [-0.3, -0.25) is 9.59 Å². The van der Waals surface area contributed by atoms with E-state index in [-0.39, 0.29) is 35.2 Å². The molecule has 2 heterocycles. The van der Waals surface area contributed by atoms with Crippen LogP contribution in [0.3, 0.4) is 0 Å². The summed E-state index contributed by atoms with van der Waals surface area (Å²) in [7, 11) is 0. The van der Waals surface area contributed by atoms with Crippen molar-refractivity contribution in [2.75, 3.05) is 0 Å². The highest BCUT2D eigenvalue weighted by molar-refractivity contribution is 6.26. The lowest BCUT2D eigenvalue weighted by molar-refractivity contribution is 0.0966. The van der Waals surface area contributed by atoms with Gasteiger partial charge in [-0.2, -0.15) is 0 Å². The summed E-state index contributed by atoms with van der Waals surface area (Å²) in [6.45, 7) is 0. The Balaban J connectivity index is 0.928. The Bertz CT molecular complexity index is 4550. The molecular weight excluding hydrogens is 923 g/mol. The third-order valence-electron chi connectivity index (χ3n) is 19.2. The van der Waals surface area contributed by atoms with E-state index in [9.17, 15) is 0 Å². The molecule has 1 spiro atoms. The maximum absolute atomic E-state index is 15.5. The topological polar surface area (TPSA) is 38.5 Å². The molecule has 8 aliphatic rings. The monoisotopic (exact) mass is 963 g/mol. The number of benzene rings is 11. The van der Waals surface area contributed by atoms with E-state index < -0.39 is 5.41 Å². The van der Waals surface area contributed by atoms with Crippen molar-refractivity contribution < 1.29 is 9.59 Å². The minimum absolute atomic E-state index is 0.0930. The molecule has 3 nitrogen and oxygen atoms in total. The van der Waals surface area contributed by atoms with Gasteiger partial charge >= 0.3 is 0 Å². The Morgan fingerprint density at radius 1 is 0.276 bits per heavy atom. The summed E-state index contributed by atoms with van der Waals surface area (Å²) in [5.74, 6) is -0.684. The van der Waals surface area contributed by atoms with E-state index in [1.165, 1.54) is 66.8 Å². The lowest BCUT2D eigenvalue weighted by Gasteiger charge is -2.30. The Morgan fingerprint density at radius 2 is 0.632 bits per heavy atom. The van der Waals surface area contributed by atoms with Gasteiger partial charge in [0.1, 0.15) is 0 Å². The molecule has 0 aliphatic heterocycles. The standard InChI is InChI=1S/C73H41NO2/c75-71-58-36-64-52(34-54(58)66-44-18-1-5-22-48(44)68(71)49-23-6-2-19-45(49)66)56-31-39(38-29-30-43-42-17-11-14-28-62(42)73(63(43)33-38)60-26-12-9-15-40(60)41-16-10-13-27-61(41)73)32-57-53-35-55-59(37-65(53)74(64)70(56)57)72(76)69-50-24-7-3-20-46(50)67(55)47-21-4-8-25-51(47)69/h1-37,66-69H. The second-order valence-corrected chi connectivity index (χ2v) is 22.3. The molecule has 3 heteroatoms. The first kappa shape index (κ1) is 40.0. The molecular formula is C73H41NO2. The molecule has 0 fully saturated rings. The first-order valence-corrected chi connectivity index (χ1v) is 26.8. The maximum atomic E-state index is 15.5. The number of carbonyl (C=O) groups excluding carboxylic acids is 2. The van der Waals surface area contributed by atoms with Gasteiger partial charge in [-0.05, 0) is 154 Å². The number of Topliss-reactive ketones (excluding diaryl/α,β-unsaturated/α-hetero) is 2. The zero-order valence-corrected chi connectivity index (χ0v) is 40.9. The molecule has 4 bridgehead atoms.